The maximum absolute atomic E-state index is 12.6. The highest BCUT2D eigenvalue weighted by Gasteiger charge is 2.38. The second kappa shape index (κ2) is 18.7. The number of likely N-dealkylation sites (tertiary alicyclic amines) is 2. The van der Waals surface area contributed by atoms with Crippen LogP contribution in [0, 0.1) is 35.5 Å². The van der Waals surface area contributed by atoms with E-state index in [9.17, 15) is 29.4 Å². The quantitative estimate of drug-likeness (QED) is 0.382. The second-order valence-electron chi connectivity index (χ2n) is 14.1. The molecule has 4 aliphatic rings. The summed E-state index contributed by atoms with van der Waals surface area (Å²) in [6.45, 7) is 3.34. The van der Waals surface area contributed by atoms with Gasteiger partial charge in [-0.15, -0.1) is 0 Å². The molecule has 10 nitrogen and oxygen atoms in total. The molecule has 2 aromatic rings. The summed E-state index contributed by atoms with van der Waals surface area (Å²) in [5.41, 5.74) is 1.95. The lowest BCUT2D eigenvalue weighted by Crippen LogP contribution is -2.33. The molecule has 2 saturated heterocycles. The van der Waals surface area contributed by atoms with E-state index in [2.05, 4.69) is 0 Å². The zero-order valence-corrected chi connectivity index (χ0v) is 28.0. The average molecular weight is 667 g/mol. The van der Waals surface area contributed by atoms with Crippen LogP contribution in [0.15, 0.2) is 60.7 Å². The number of aliphatic carboxylic acids is 2. The Hall–Kier alpha value is -3.76. The van der Waals surface area contributed by atoms with Gasteiger partial charge in [-0.3, -0.25) is 19.2 Å². The highest BCUT2D eigenvalue weighted by molar-refractivity contribution is 5.83. The lowest BCUT2D eigenvalue weighted by molar-refractivity contribution is -0.146. The highest BCUT2D eigenvalue weighted by Crippen LogP contribution is 2.37. The number of nitrogens with zero attached hydrogens (tertiary/aromatic N) is 2. The fourth-order valence-electron chi connectivity index (χ4n) is 8.19. The molecule has 4 fully saturated rings. The van der Waals surface area contributed by atoms with Gasteiger partial charge in [0.05, 0.1) is 11.8 Å². The van der Waals surface area contributed by atoms with E-state index in [0.29, 0.717) is 36.5 Å². The number of benzene rings is 2. The minimum Gasteiger partial charge on any atom is -0.481 e. The predicted octanol–water partition coefficient (Wildman–Crippen LogP) is 4.29. The number of carbonyl (C=O) groups is 4. The summed E-state index contributed by atoms with van der Waals surface area (Å²) >= 11 is 0. The minimum absolute atomic E-state index is 0. The molecule has 2 saturated carbocycles. The van der Waals surface area contributed by atoms with Crippen molar-refractivity contribution in [1.29, 1.82) is 0 Å². The third-order valence-electron chi connectivity index (χ3n) is 10.8. The maximum atomic E-state index is 12.6. The summed E-state index contributed by atoms with van der Waals surface area (Å²) in [6, 6.07) is 19.1. The maximum Gasteiger partial charge on any atom is 0.307 e. The molecular weight excluding hydrogens is 612 g/mol. The van der Waals surface area contributed by atoms with Crippen LogP contribution in [0.2, 0.25) is 0 Å². The van der Waals surface area contributed by atoms with Crippen LogP contribution in [0.4, 0.5) is 0 Å². The SMILES string of the molecule is O.O.O=C(O)[C@H](CC(=O)N1CC2CCCCC2C1)Cc1ccccc1.O=C(O)[C@H](CC(=O)N1C[C@H]2CCCC[C@H]2C1)Cc1ccccc1. The first kappa shape index (κ1) is 38.7. The van der Waals surface area contributed by atoms with E-state index in [4.69, 9.17) is 0 Å². The lowest BCUT2D eigenvalue weighted by Gasteiger charge is -2.22. The van der Waals surface area contributed by atoms with Gasteiger partial charge in [0, 0.05) is 39.0 Å². The van der Waals surface area contributed by atoms with Crippen LogP contribution in [-0.2, 0) is 32.0 Å². The van der Waals surface area contributed by atoms with E-state index in [1.165, 1.54) is 51.4 Å². The molecule has 2 aromatic carbocycles. The number of hydrogen-bond donors (Lipinski definition) is 2. The molecule has 2 aliphatic carbocycles. The van der Waals surface area contributed by atoms with Crippen molar-refractivity contribution in [3.63, 3.8) is 0 Å². The van der Waals surface area contributed by atoms with Gasteiger partial charge in [0.25, 0.3) is 0 Å². The van der Waals surface area contributed by atoms with Gasteiger partial charge >= 0.3 is 11.9 Å². The summed E-state index contributed by atoms with van der Waals surface area (Å²) in [6.07, 6.45) is 11.1. The summed E-state index contributed by atoms with van der Waals surface area (Å²) in [4.78, 5) is 52.0. The molecule has 264 valence electrons. The molecule has 0 spiro atoms. The largest absolute Gasteiger partial charge is 0.481 e. The van der Waals surface area contributed by atoms with E-state index in [0.717, 1.165) is 37.3 Å². The van der Waals surface area contributed by atoms with E-state index >= 15 is 0 Å². The monoisotopic (exact) mass is 666 g/mol. The van der Waals surface area contributed by atoms with Gasteiger partial charge < -0.3 is 31.0 Å². The van der Waals surface area contributed by atoms with Gasteiger partial charge in [-0.05, 0) is 73.3 Å². The molecule has 48 heavy (non-hydrogen) atoms. The fourth-order valence-corrected chi connectivity index (χ4v) is 8.19. The van der Waals surface area contributed by atoms with E-state index in [-0.39, 0.29) is 35.6 Å². The Kier molecular flexibility index (Phi) is 15.1. The van der Waals surface area contributed by atoms with Gasteiger partial charge in [-0.2, -0.15) is 0 Å². The van der Waals surface area contributed by atoms with Crippen molar-refractivity contribution in [2.45, 2.75) is 77.0 Å². The number of carboxylic acid groups (broad SMARTS) is 2. The molecule has 0 radical (unpaired) electrons. The van der Waals surface area contributed by atoms with Gasteiger partial charge in [0.15, 0.2) is 0 Å². The number of fused-ring (bicyclic) bond motifs is 2. The van der Waals surface area contributed by atoms with E-state index < -0.39 is 23.8 Å². The van der Waals surface area contributed by atoms with Crippen molar-refractivity contribution in [3.05, 3.63) is 71.8 Å². The van der Waals surface area contributed by atoms with Crippen LogP contribution < -0.4 is 0 Å². The molecule has 2 aliphatic heterocycles. The molecule has 0 aromatic heterocycles. The van der Waals surface area contributed by atoms with Crippen LogP contribution in [0.1, 0.15) is 75.3 Å². The standard InChI is InChI=1S/2C19H25NO3.2H2O/c2*21-18(20-12-15-8-4-5-9-16(15)13-20)11-17(19(22)23)10-14-6-2-1-3-7-14;;/h2*1-3,6-7,15-17H,4-5,8-13H2,(H,22,23);2*1H2/t15?,16?,17-;15-,16+,17-;;/m00../s1. The fraction of sp³-hybridized carbons (Fsp3) is 0.579. The molecule has 6 rings (SSSR count). The van der Waals surface area contributed by atoms with Gasteiger partial charge in [0.2, 0.25) is 11.8 Å². The summed E-state index contributed by atoms with van der Waals surface area (Å²) in [5, 5.41) is 18.9. The molecule has 10 heteroatoms. The predicted molar refractivity (Wildman–Crippen MR) is 183 cm³/mol. The van der Waals surface area contributed by atoms with Gasteiger partial charge in [0.1, 0.15) is 0 Å². The van der Waals surface area contributed by atoms with Crippen LogP contribution >= 0.6 is 0 Å². The smallest absolute Gasteiger partial charge is 0.307 e. The van der Waals surface area contributed by atoms with Crippen molar-refractivity contribution in [3.8, 4) is 0 Å². The van der Waals surface area contributed by atoms with Crippen molar-refractivity contribution >= 4 is 23.8 Å². The Morgan fingerprint density at radius 2 is 0.833 bits per heavy atom. The Morgan fingerprint density at radius 1 is 0.542 bits per heavy atom. The zero-order chi connectivity index (χ0) is 32.5. The summed E-state index contributed by atoms with van der Waals surface area (Å²) < 4.78 is 0. The molecular formula is C38H54N2O8. The molecule has 2 unspecified atom stereocenters. The lowest BCUT2D eigenvalue weighted by atomic mass is 9.82. The minimum atomic E-state index is -0.876. The summed E-state index contributed by atoms with van der Waals surface area (Å²) in [7, 11) is 0. The highest BCUT2D eigenvalue weighted by atomic mass is 16.4. The number of rotatable bonds is 10. The summed E-state index contributed by atoms with van der Waals surface area (Å²) in [5.74, 6) is -0.409. The van der Waals surface area contributed by atoms with Crippen LogP contribution in [0.5, 0.6) is 0 Å². The number of hydrogen-bond acceptors (Lipinski definition) is 4. The van der Waals surface area contributed by atoms with Crippen LogP contribution in [0.3, 0.4) is 0 Å². The van der Waals surface area contributed by atoms with Crippen molar-refractivity contribution in [2.24, 2.45) is 35.5 Å². The van der Waals surface area contributed by atoms with E-state index in [1.807, 2.05) is 70.5 Å². The molecule has 6 N–H and O–H groups in total. The van der Waals surface area contributed by atoms with Crippen LogP contribution in [0.25, 0.3) is 0 Å². The third kappa shape index (κ3) is 10.6. The number of carboxylic acids is 2. The van der Waals surface area contributed by atoms with Gasteiger partial charge in [-0.1, -0.05) is 86.3 Å². The Morgan fingerprint density at radius 3 is 1.10 bits per heavy atom. The normalized spacial score (nSPS) is 23.9. The molecule has 6 atom stereocenters. The molecule has 0 bridgehead atoms. The number of amides is 2. The van der Waals surface area contributed by atoms with Crippen molar-refractivity contribution in [1.82, 2.24) is 9.80 Å². The molecule has 2 amide bonds. The van der Waals surface area contributed by atoms with Crippen LogP contribution in [-0.4, -0.2) is 80.9 Å². The number of carbonyl (C=O) groups excluding carboxylic acids is 2. The molecule has 2 heterocycles. The Labute approximate surface area is 284 Å². The Balaban J connectivity index is 0.000000250. The van der Waals surface area contributed by atoms with E-state index in [1.54, 1.807) is 0 Å². The van der Waals surface area contributed by atoms with Crippen molar-refractivity contribution in [2.75, 3.05) is 26.2 Å². The third-order valence-corrected chi connectivity index (χ3v) is 10.8. The Bertz CT molecular complexity index is 1190. The topological polar surface area (TPSA) is 178 Å². The van der Waals surface area contributed by atoms with Gasteiger partial charge in [-0.25, -0.2) is 0 Å². The average Bonchev–Trinajstić information content (AvgIpc) is 3.70. The zero-order valence-electron chi connectivity index (χ0n) is 28.0. The first-order chi connectivity index (χ1) is 22.3. The first-order valence-electron chi connectivity index (χ1n) is 17.4. The second-order valence-corrected chi connectivity index (χ2v) is 14.1. The first-order valence-corrected chi connectivity index (χ1v) is 17.4. The van der Waals surface area contributed by atoms with Crippen molar-refractivity contribution < 1.29 is 40.3 Å².